The maximum absolute atomic E-state index is 12.7. The van der Waals surface area contributed by atoms with E-state index in [1.807, 2.05) is 19.1 Å². The molecule has 0 spiro atoms. The van der Waals surface area contributed by atoms with E-state index in [2.05, 4.69) is 43.1 Å². The number of hydrogen-bond donors (Lipinski definition) is 3. The van der Waals surface area contributed by atoms with Crippen LogP contribution in [0.25, 0.3) is 0 Å². The van der Waals surface area contributed by atoms with E-state index in [0.717, 1.165) is 18.4 Å². The van der Waals surface area contributed by atoms with Gasteiger partial charge in [-0.3, -0.25) is 9.52 Å². The molecule has 3 rings (SSSR count). The van der Waals surface area contributed by atoms with E-state index in [-0.39, 0.29) is 27.9 Å². The molecule has 1 heterocycles. The van der Waals surface area contributed by atoms with E-state index in [4.69, 9.17) is 0 Å². The van der Waals surface area contributed by atoms with Gasteiger partial charge in [-0.2, -0.15) is 0 Å². The summed E-state index contributed by atoms with van der Waals surface area (Å²) in [6.07, 6.45) is 1.66. The van der Waals surface area contributed by atoms with Crippen LogP contribution in [-0.4, -0.2) is 31.4 Å². The van der Waals surface area contributed by atoms with Crippen molar-refractivity contribution in [1.82, 2.24) is 10.6 Å². The molecule has 0 atom stereocenters. The van der Waals surface area contributed by atoms with E-state index in [1.54, 1.807) is 24.3 Å². The Morgan fingerprint density at radius 2 is 1.47 bits per heavy atom. The van der Waals surface area contributed by atoms with Crippen LogP contribution in [0.15, 0.2) is 53.4 Å². The third-order valence-corrected chi connectivity index (χ3v) is 6.65. The van der Waals surface area contributed by atoms with Crippen molar-refractivity contribution < 1.29 is 13.2 Å². The van der Waals surface area contributed by atoms with Crippen LogP contribution in [-0.2, 0) is 10.0 Å². The van der Waals surface area contributed by atoms with E-state index < -0.39 is 10.0 Å². The molecule has 2 aromatic rings. The van der Waals surface area contributed by atoms with Crippen molar-refractivity contribution in [2.45, 2.75) is 69.5 Å². The van der Waals surface area contributed by atoms with Gasteiger partial charge < -0.3 is 10.6 Å². The maximum atomic E-state index is 12.7. The first-order chi connectivity index (χ1) is 13.9. The lowest BCUT2D eigenvalue weighted by Crippen LogP contribution is -2.62. The molecule has 30 heavy (non-hydrogen) atoms. The van der Waals surface area contributed by atoms with Crippen LogP contribution in [0.5, 0.6) is 0 Å². The number of nitrogens with one attached hydrogen (secondary N) is 3. The van der Waals surface area contributed by atoms with Gasteiger partial charge in [-0.25, -0.2) is 8.42 Å². The van der Waals surface area contributed by atoms with Crippen molar-refractivity contribution in [3.63, 3.8) is 0 Å². The topological polar surface area (TPSA) is 87.3 Å². The molecule has 3 N–H and O–H groups in total. The average Bonchev–Trinajstić information content (AvgIpc) is 2.61. The highest BCUT2D eigenvalue weighted by atomic mass is 32.2. The molecule has 0 radical (unpaired) electrons. The van der Waals surface area contributed by atoms with Gasteiger partial charge in [0, 0.05) is 28.4 Å². The van der Waals surface area contributed by atoms with Crippen molar-refractivity contribution in [2.75, 3.05) is 4.72 Å². The summed E-state index contributed by atoms with van der Waals surface area (Å²) in [5.74, 6) is -0.191. The molecule has 1 amide bonds. The molecule has 2 aromatic carbocycles. The van der Waals surface area contributed by atoms with Gasteiger partial charge in [-0.05, 0) is 83.9 Å². The second kappa shape index (κ2) is 8.04. The minimum atomic E-state index is -3.72. The Bertz CT molecular complexity index is 995. The Morgan fingerprint density at radius 3 is 2.00 bits per heavy atom. The summed E-state index contributed by atoms with van der Waals surface area (Å²) < 4.78 is 27.8. The van der Waals surface area contributed by atoms with Crippen LogP contribution < -0.4 is 15.4 Å². The largest absolute Gasteiger partial charge is 0.349 e. The number of piperidine rings is 1. The summed E-state index contributed by atoms with van der Waals surface area (Å²) in [5, 5.41) is 6.70. The van der Waals surface area contributed by atoms with Gasteiger partial charge in [0.2, 0.25) is 0 Å². The number of carbonyl (C=O) groups is 1. The SMILES string of the molecule is Cc1ccc(NS(=O)(=O)c2ccc(C(=O)NC3CC(C)(C)NC(C)(C)C3)cc2)cc1. The molecule has 162 valence electrons. The zero-order valence-corrected chi connectivity index (χ0v) is 19.1. The van der Waals surface area contributed by atoms with E-state index in [9.17, 15) is 13.2 Å². The number of carbonyl (C=O) groups excluding carboxylic acids is 1. The first-order valence-corrected chi connectivity index (χ1v) is 11.6. The molecule has 0 aromatic heterocycles. The molecule has 6 nitrogen and oxygen atoms in total. The second-order valence-electron chi connectivity index (χ2n) is 9.47. The summed E-state index contributed by atoms with van der Waals surface area (Å²) in [5.41, 5.74) is 1.85. The highest BCUT2D eigenvalue weighted by Gasteiger charge is 2.38. The van der Waals surface area contributed by atoms with Gasteiger partial charge in [0.1, 0.15) is 0 Å². The van der Waals surface area contributed by atoms with Crippen molar-refractivity contribution in [1.29, 1.82) is 0 Å². The van der Waals surface area contributed by atoms with E-state index in [1.165, 1.54) is 12.1 Å². The van der Waals surface area contributed by atoms with Crippen LogP contribution in [0.2, 0.25) is 0 Å². The van der Waals surface area contributed by atoms with Gasteiger partial charge in [0.25, 0.3) is 15.9 Å². The van der Waals surface area contributed by atoms with Crippen molar-refractivity contribution in [2.24, 2.45) is 0 Å². The van der Waals surface area contributed by atoms with Gasteiger partial charge >= 0.3 is 0 Å². The Morgan fingerprint density at radius 1 is 0.933 bits per heavy atom. The second-order valence-corrected chi connectivity index (χ2v) is 11.1. The quantitative estimate of drug-likeness (QED) is 0.674. The Kier molecular flexibility index (Phi) is 5.98. The van der Waals surface area contributed by atoms with Crippen molar-refractivity contribution in [3.8, 4) is 0 Å². The molecular weight excluding hydrogens is 398 g/mol. The van der Waals surface area contributed by atoms with Crippen LogP contribution in [0.3, 0.4) is 0 Å². The summed E-state index contributed by atoms with van der Waals surface area (Å²) in [4.78, 5) is 12.8. The number of rotatable bonds is 5. The summed E-state index contributed by atoms with van der Waals surface area (Å²) in [6, 6.07) is 13.2. The lowest BCUT2D eigenvalue weighted by Gasteiger charge is -2.46. The van der Waals surface area contributed by atoms with Crippen molar-refractivity contribution >= 4 is 21.6 Å². The monoisotopic (exact) mass is 429 g/mol. The minimum Gasteiger partial charge on any atom is -0.349 e. The van der Waals surface area contributed by atoms with Crippen LogP contribution in [0.1, 0.15) is 56.5 Å². The lowest BCUT2D eigenvalue weighted by molar-refractivity contribution is 0.0873. The number of sulfonamides is 1. The molecule has 0 aliphatic carbocycles. The van der Waals surface area contributed by atoms with Gasteiger partial charge in [-0.15, -0.1) is 0 Å². The molecule has 1 saturated heterocycles. The Hall–Kier alpha value is -2.38. The predicted octanol–water partition coefficient (Wildman–Crippen LogP) is 3.83. The summed E-state index contributed by atoms with van der Waals surface area (Å²) >= 11 is 0. The van der Waals surface area contributed by atoms with E-state index >= 15 is 0 Å². The fraction of sp³-hybridized carbons (Fsp3) is 0.435. The summed E-state index contributed by atoms with van der Waals surface area (Å²) in [6.45, 7) is 10.5. The van der Waals surface area contributed by atoms with Gasteiger partial charge in [0.05, 0.1) is 4.90 Å². The zero-order chi connectivity index (χ0) is 22.2. The standard InChI is InChI=1S/C23H31N3O3S/c1-16-6-10-18(11-7-16)25-30(28,29)20-12-8-17(9-13-20)21(27)24-19-14-22(2,3)26-23(4,5)15-19/h6-13,19,25-26H,14-15H2,1-5H3,(H,24,27). The number of anilines is 1. The van der Waals surface area contributed by atoms with E-state index in [0.29, 0.717) is 11.3 Å². The molecule has 1 aliphatic heterocycles. The third kappa shape index (κ3) is 5.61. The molecule has 1 fully saturated rings. The predicted molar refractivity (Wildman–Crippen MR) is 120 cm³/mol. The number of amides is 1. The number of hydrogen-bond acceptors (Lipinski definition) is 4. The minimum absolute atomic E-state index is 0.0513. The number of benzene rings is 2. The average molecular weight is 430 g/mol. The Labute approximate surface area is 179 Å². The van der Waals surface area contributed by atoms with Crippen molar-refractivity contribution in [3.05, 3.63) is 59.7 Å². The zero-order valence-electron chi connectivity index (χ0n) is 18.2. The van der Waals surface area contributed by atoms with Gasteiger partial charge in [0.15, 0.2) is 0 Å². The fourth-order valence-corrected chi connectivity index (χ4v) is 5.37. The molecule has 0 saturated carbocycles. The first-order valence-electron chi connectivity index (χ1n) is 10.2. The molecule has 1 aliphatic rings. The normalized spacial score (nSPS) is 18.6. The lowest BCUT2D eigenvalue weighted by atomic mass is 9.79. The van der Waals surface area contributed by atoms with Crippen LogP contribution in [0, 0.1) is 6.92 Å². The number of aryl methyl sites for hydroxylation is 1. The smallest absolute Gasteiger partial charge is 0.261 e. The van der Waals surface area contributed by atoms with Crippen LogP contribution in [0.4, 0.5) is 5.69 Å². The molecule has 0 bridgehead atoms. The molecule has 7 heteroatoms. The highest BCUT2D eigenvalue weighted by Crippen LogP contribution is 2.28. The Balaban J connectivity index is 1.69. The molecule has 0 unspecified atom stereocenters. The molecular formula is C23H31N3O3S. The first kappa shape index (κ1) is 22.3. The fourth-order valence-electron chi connectivity index (χ4n) is 4.31. The highest BCUT2D eigenvalue weighted by molar-refractivity contribution is 7.92. The maximum Gasteiger partial charge on any atom is 0.261 e. The summed E-state index contributed by atoms with van der Waals surface area (Å²) in [7, 11) is -3.72. The third-order valence-electron chi connectivity index (χ3n) is 5.26. The van der Waals surface area contributed by atoms with Crippen LogP contribution >= 0.6 is 0 Å². The van der Waals surface area contributed by atoms with Gasteiger partial charge in [-0.1, -0.05) is 17.7 Å².